The van der Waals surface area contributed by atoms with Crippen LogP contribution < -0.4 is 0 Å². The number of fused-ring (bicyclic) bond motifs is 1. The fraction of sp³-hybridized carbons (Fsp3) is 0.0833. The molecule has 0 fully saturated rings. The van der Waals surface area contributed by atoms with E-state index < -0.39 is 0 Å². The molecule has 0 atom stereocenters. The van der Waals surface area contributed by atoms with E-state index >= 15 is 0 Å². The molecule has 0 spiro atoms. The van der Waals surface area contributed by atoms with Gasteiger partial charge in [0.05, 0.1) is 7.11 Å². The summed E-state index contributed by atoms with van der Waals surface area (Å²) in [4.78, 5) is 0. The monoisotopic (exact) mass is 235 g/mol. The van der Waals surface area contributed by atoms with Crippen molar-refractivity contribution in [3.05, 3.63) is 42.0 Å². The Morgan fingerprint density at radius 1 is 1.19 bits per heavy atom. The van der Waals surface area contributed by atoms with Crippen molar-refractivity contribution < 1.29 is 9.84 Å². The normalized spacial score (nSPS) is 11.8. The predicted octanol–water partition coefficient (Wildman–Crippen LogP) is 3.09. The predicted molar refractivity (Wildman–Crippen MR) is 65.0 cm³/mol. The average Bonchev–Trinajstić information content (AvgIpc) is 2.31. The Bertz CT molecular complexity index is 552. The minimum Gasteiger partial charge on any atom is -0.508 e. The Morgan fingerprint density at radius 3 is 2.56 bits per heavy atom. The van der Waals surface area contributed by atoms with Gasteiger partial charge in [-0.25, -0.2) is 0 Å². The number of nitrogens with zero attached hydrogens (tertiary/aromatic N) is 1. The molecule has 0 heterocycles. The highest BCUT2D eigenvalue weighted by atomic mass is 35.5. The summed E-state index contributed by atoms with van der Waals surface area (Å²) in [5.41, 5.74) is 0.802. The van der Waals surface area contributed by atoms with Crippen LogP contribution >= 0.6 is 11.8 Å². The van der Waals surface area contributed by atoms with Crippen molar-refractivity contribution in [1.29, 1.82) is 0 Å². The Balaban J connectivity index is 2.56. The van der Waals surface area contributed by atoms with Gasteiger partial charge in [0.1, 0.15) is 5.75 Å². The lowest BCUT2D eigenvalue weighted by Crippen LogP contribution is -2.01. The zero-order chi connectivity index (χ0) is 11.5. The quantitative estimate of drug-likeness (QED) is 0.610. The van der Waals surface area contributed by atoms with Crippen LogP contribution in [0.2, 0.25) is 0 Å². The Morgan fingerprint density at radius 2 is 1.88 bits per heavy atom. The van der Waals surface area contributed by atoms with Crippen molar-refractivity contribution >= 4 is 28.4 Å². The van der Waals surface area contributed by atoms with Gasteiger partial charge in [0.15, 0.2) is 0 Å². The van der Waals surface area contributed by atoms with Crippen molar-refractivity contribution in [1.82, 2.24) is 0 Å². The second kappa shape index (κ2) is 4.41. The summed E-state index contributed by atoms with van der Waals surface area (Å²) in [5.74, 6) is 0.620. The van der Waals surface area contributed by atoms with Crippen molar-refractivity contribution in [3.8, 4) is 5.75 Å². The molecular weight excluding hydrogens is 226 g/mol. The molecule has 4 heteroatoms. The van der Waals surface area contributed by atoms with Crippen LogP contribution in [0.5, 0.6) is 5.75 Å². The molecule has 2 rings (SSSR count). The fourth-order valence-electron chi connectivity index (χ4n) is 1.57. The number of hydrogen-bond donors (Lipinski definition) is 1. The van der Waals surface area contributed by atoms with Gasteiger partial charge in [0.25, 0.3) is 0 Å². The minimum atomic E-state index is 0.248. The van der Waals surface area contributed by atoms with Gasteiger partial charge in [0, 0.05) is 17.3 Å². The number of hydrogen-bond acceptors (Lipinski definition) is 3. The molecule has 0 saturated heterocycles. The molecule has 0 bridgehead atoms. The zero-order valence-electron chi connectivity index (χ0n) is 8.64. The van der Waals surface area contributed by atoms with Gasteiger partial charge in [-0.3, -0.25) is 0 Å². The van der Waals surface area contributed by atoms with E-state index in [9.17, 15) is 5.11 Å². The first-order chi connectivity index (χ1) is 7.74. The lowest BCUT2D eigenvalue weighted by atomic mass is 10.1. The lowest BCUT2D eigenvalue weighted by Gasteiger charge is -2.05. The van der Waals surface area contributed by atoms with Crippen LogP contribution in [-0.4, -0.2) is 18.1 Å². The maximum absolute atomic E-state index is 9.33. The van der Waals surface area contributed by atoms with Gasteiger partial charge in [-0.15, -0.1) is 4.51 Å². The van der Waals surface area contributed by atoms with E-state index in [1.54, 1.807) is 12.1 Å². The van der Waals surface area contributed by atoms with Gasteiger partial charge in [0.2, 0.25) is 5.90 Å². The number of methoxy groups -OCH3 is 1. The molecule has 3 nitrogen and oxygen atoms in total. The van der Waals surface area contributed by atoms with Crippen LogP contribution in [0, 0.1) is 0 Å². The molecular formula is C12H10ClNO2. The highest BCUT2D eigenvalue weighted by Crippen LogP contribution is 2.21. The first kappa shape index (κ1) is 10.8. The Hall–Kier alpha value is -1.74. The maximum Gasteiger partial charge on any atom is 0.233 e. The summed E-state index contributed by atoms with van der Waals surface area (Å²) < 4.78 is 8.55. The number of benzene rings is 2. The average molecular weight is 236 g/mol. The number of phenolic OH excluding ortho intramolecular Hbond substituents is 1. The van der Waals surface area contributed by atoms with Crippen LogP contribution in [-0.2, 0) is 4.74 Å². The largest absolute Gasteiger partial charge is 0.508 e. The molecule has 2 aromatic rings. The van der Waals surface area contributed by atoms with Crippen molar-refractivity contribution in [2.24, 2.45) is 4.51 Å². The van der Waals surface area contributed by atoms with Gasteiger partial charge < -0.3 is 9.84 Å². The van der Waals surface area contributed by atoms with E-state index in [1.165, 1.54) is 7.11 Å². The summed E-state index contributed by atoms with van der Waals surface area (Å²) in [6.07, 6.45) is 0. The van der Waals surface area contributed by atoms with Crippen LogP contribution in [0.3, 0.4) is 0 Å². The fourth-order valence-corrected chi connectivity index (χ4v) is 1.73. The van der Waals surface area contributed by atoms with E-state index in [4.69, 9.17) is 16.5 Å². The number of phenols is 1. The molecule has 0 aliphatic rings. The summed E-state index contributed by atoms with van der Waals surface area (Å²) >= 11 is 5.40. The Kier molecular flexibility index (Phi) is 2.97. The smallest absolute Gasteiger partial charge is 0.233 e. The van der Waals surface area contributed by atoms with E-state index in [-0.39, 0.29) is 5.75 Å². The van der Waals surface area contributed by atoms with Crippen LogP contribution in [0.15, 0.2) is 40.9 Å². The molecule has 0 aliphatic heterocycles. The minimum absolute atomic E-state index is 0.248. The van der Waals surface area contributed by atoms with Crippen molar-refractivity contribution in [2.45, 2.75) is 0 Å². The highest BCUT2D eigenvalue weighted by molar-refractivity contribution is 6.21. The molecule has 0 aliphatic carbocycles. The van der Waals surface area contributed by atoms with E-state index in [0.29, 0.717) is 5.90 Å². The first-order valence-electron chi connectivity index (χ1n) is 4.70. The zero-order valence-corrected chi connectivity index (χ0v) is 9.40. The van der Waals surface area contributed by atoms with Gasteiger partial charge in [-0.2, -0.15) is 0 Å². The molecule has 16 heavy (non-hydrogen) atoms. The molecule has 82 valence electrons. The molecule has 0 unspecified atom stereocenters. The summed E-state index contributed by atoms with van der Waals surface area (Å²) in [6.45, 7) is 0. The van der Waals surface area contributed by atoms with Crippen LogP contribution in [0.25, 0.3) is 10.8 Å². The highest BCUT2D eigenvalue weighted by Gasteiger charge is 2.04. The third-order valence-electron chi connectivity index (χ3n) is 2.34. The number of aromatic hydroxyl groups is 1. The maximum atomic E-state index is 9.33. The molecule has 0 saturated carbocycles. The topological polar surface area (TPSA) is 41.8 Å². The van der Waals surface area contributed by atoms with Gasteiger partial charge in [-0.1, -0.05) is 12.1 Å². The van der Waals surface area contributed by atoms with E-state index in [2.05, 4.69) is 4.51 Å². The SMILES string of the molecule is COC(=NCl)c1ccc2cc(O)ccc2c1. The van der Waals surface area contributed by atoms with Gasteiger partial charge in [-0.05, 0) is 35.0 Å². The second-order valence-electron chi connectivity index (χ2n) is 3.34. The molecule has 0 aromatic heterocycles. The lowest BCUT2D eigenvalue weighted by molar-refractivity contribution is 0.406. The summed E-state index contributed by atoms with van der Waals surface area (Å²) in [7, 11) is 1.52. The molecule has 0 amide bonds. The number of rotatable bonds is 1. The molecule has 1 N–H and O–H groups in total. The molecule has 2 aromatic carbocycles. The summed E-state index contributed by atoms with van der Waals surface area (Å²) in [5, 5.41) is 11.3. The summed E-state index contributed by atoms with van der Waals surface area (Å²) in [6, 6.07) is 10.8. The van der Waals surface area contributed by atoms with E-state index in [0.717, 1.165) is 16.3 Å². The first-order valence-corrected chi connectivity index (χ1v) is 5.04. The van der Waals surface area contributed by atoms with Crippen molar-refractivity contribution in [3.63, 3.8) is 0 Å². The standard InChI is InChI=1S/C12H10ClNO2/c1-16-12(14-13)10-3-2-9-7-11(15)5-4-8(9)6-10/h2-7,15H,1H3. The van der Waals surface area contributed by atoms with Crippen molar-refractivity contribution in [2.75, 3.05) is 7.11 Å². The third-order valence-corrected chi connectivity index (χ3v) is 2.49. The number of ether oxygens (including phenoxy) is 1. The van der Waals surface area contributed by atoms with Gasteiger partial charge >= 0.3 is 0 Å². The van der Waals surface area contributed by atoms with Crippen LogP contribution in [0.1, 0.15) is 5.56 Å². The number of halogens is 1. The second-order valence-corrected chi connectivity index (χ2v) is 3.51. The van der Waals surface area contributed by atoms with E-state index in [1.807, 2.05) is 24.3 Å². The molecule has 0 radical (unpaired) electrons. The third kappa shape index (κ3) is 1.95. The van der Waals surface area contributed by atoms with Crippen LogP contribution in [0.4, 0.5) is 0 Å². The Labute approximate surface area is 98.1 Å².